The van der Waals surface area contributed by atoms with Crippen LogP contribution >= 0.6 is 11.8 Å². The Morgan fingerprint density at radius 1 is 1.15 bits per heavy atom. The van der Waals surface area contributed by atoms with E-state index in [0.29, 0.717) is 23.1 Å². The number of rotatable bonds is 6. The molecule has 1 N–H and O–H groups in total. The maximum atomic E-state index is 13.4. The molecular formula is C25H32F3N3O2S. The van der Waals surface area contributed by atoms with Crippen molar-refractivity contribution in [1.82, 2.24) is 15.1 Å². The Morgan fingerprint density at radius 2 is 1.88 bits per heavy atom. The predicted octanol–water partition coefficient (Wildman–Crippen LogP) is 4.53. The second-order valence-electron chi connectivity index (χ2n) is 9.30. The van der Waals surface area contributed by atoms with E-state index in [9.17, 15) is 22.8 Å². The van der Waals surface area contributed by atoms with Crippen LogP contribution < -0.4 is 5.32 Å². The van der Waals surface area contributed by atoms with Crippen LogP contribution in [0.15, 0.2) is 29.2 Å². The summed E-state index contributed by atoms with van der Waals surface area (Å²) in [4.78, 5) is 30.7. The molecule has 186 valence electrons. The van der Waals surface area contributed by atoms with Crippen LogP contribution in [0.4, 0.5) is 13.2 Å². The van der Waals surface area contributed by atoms with Gasteiger partial charge in [0.2, 0.25) is 5.91 Å². The van der Waals surface area contributed by atoms with E-state index in [0.717, 1.165) is 63.7 Å². The number of nitrogens with one attached hydrogen (secondary N) is 1. The Bertz CT molecular complexity index is 919. The highest BCUT2D eigenvalue weighted by atomic mass is 32.2. The first-order chi connectivity index (χ1) is 16.3. The van der Waals surface area contributed by atoms with Gasteiger partial charge in [0.1, 0.15) is 6.54 Å². The first-order valence-corrected chi connectivity index (χ1v) is 13.0. The largest absolute Gasteiger partial charge is 0.416 e. The molecule has 2 saturated heterocycles. The fraction of sp³-hybridized carbons (Fsp3) is 0.600. The van der Waals surface area contributed by atoms with Gasteiger partial charge in [-0.15, -0.1) is 11.8 Å². The van der Waals surface area contributed by atoms with Gasteiger partial charge in [-0.1, -0.05) is 31.9 Å². The average molecular weight is 496 g/mol. The molecule has 1 aromatic carbocycles. The van der Waals surface area contributed by atoms with Crippen molar-refractivity contribution in [2.24, 2.45) is 0 Å². The van der Waals surface area contributed by atoms with E-state index in [1.54, 1.807) is 11.0 Å². The molecule has 2 amide bonds. The third-order valence-corrected chi connectivity index (χ3v) is 8.51. The van der Waals surface area contributed by atoms with Gasteiger partial charge in [-0.3, -0.25) is 14.5 Å². The zero-order valence-electron chi connectivity index (χ0n) is 19.4. The summed E-state index contributed by atoms with van der Waals surface area (Å²) in [7, 11) is 0. The maximum absolute atomic E-state index is 13.4. The van der Waals surface area contributed by atoms with Crippen LogP contribution in [0.3, 0.4) is 0 Å². The molecule has 5 nitrogen and oxygen atoms in total. The summed E-state index contributed by atoms with van der Waals surface area (Å²) in [6.45, 7) is 4.75. The Kier molecular flexibility index (Phi) is 7.92. The van der Waals surface area contributed by atoms with Gasteiger partial charge >= 0.3 is 6.18 Å². The van der Waals surface area contributed by atoms with Crippen molar-refractivity contribution in [3.63, 3.8) is 0 Å². The molecule has 1 aliphatic carbocycles. The molecule has 0 bridgehead atoms. The third-order valence-electron chi connectivity index (χ3n) is 7.11. The van der Waals surface area contributed by atoms with Crippen molar-refractivity contribution < 1.29 is 22.8 Å². The minimum absolute atomic E-state index is 0.0142. The molecule has 9 heteroatoms. The number of alkyl halides is 3. The zero-order chi connectivity index (χ0) is 24.3. The second-order valence-corrected chi connectivity index (χ2v) is 10.6. The molecule has 0 spiro atoms. The van der Waals surface area contributed by atoms with Gasteiger partial charge in [-0.05, 0) is 62.5 Å². The number of nitrogens with zero attached hydrogens (tertiary/aromatic N) is 2. The minimum atomic E-state index is -4.40. The van der Waals surface area contributed by atoms with Crippen molar-refractivity contribution in [2.75, 3.05) is 26.2 Å². The lowest BCUT2D eigenvalue weighted by Gasteiger charge is -2.43. The van der Waals surface area contributed by atoms with Crippen molar-refractivity contribution in [3.8, 4) is 0 Å². The molecule has 3 aliphatic rings. The number of halogens is 3. The average Bonchev–Trinajstić information content (AvgIpc) is 3.28. The monoisotopic (exact) mass is 495 g/mol. The summed E-state index contributed by atoms with van der Waals surface area (Å²) >= 11 is 1.51. The van der Waals surface area contributed by atoms with E-state index in [1.165, 1.54) is 23.9 Å². The van der Waals surface area contributed by atoms with Crippen LogP contribution in [-0.2, 0) is 15.8 Å². The molecule has 2 heterocycles. The van der Waals surface area contributed by atoms with Crippen LogP contribution in [0.2, 0.25) is 0 Å². The first kappa shape index (κ1) is 25.1. The Hall–Kier alpha value is -2.00. The number of benzene rings is 1. The van der Waals surface area contributed by atoms with E-state index in [-0.39, 0.29) is 29.7 Å². The van der Waals surface area contributed by atoms with Crippen LogP contribution in [0, 0.1) is 0 Å². The third kappa shape index (κ3) is 5.79. The van der Waals surface area contributed by atoms with Gasteiger partial charge in [0.25, 0.3) is 5.91 Å². The van der Waals surface area contributed by atoms with Crippen LogP contribution in [0.5, 0.6) is 0 Å². The van der Waals surface area contributed by atoms with Crippen molar-refractivity contribution in [3.05, 3.63) is 40.3 Å². The molecule has 1 aromatic rings. The highest BCUT2D eigenvalue weighted by molar-refractivity contribution is 8.04. The molecule has 34 heavy (non-hydrogen) atoms. The molecule has 3 atom stereocenters. The van der Waals surface area contributed by atoms with Gasteiger partial charge < -0.3 is 10.2 Å². The summed E-state index contributed by atoms with van der Waals surface area (Å²) < 4.78 is 38.6. The van der Waals surface area contributed by atoms with Gasteiger partial charge in [0.15, 0.2) is 0 Å². The minimum Gasteiger partial charge on any atom is -0.353 e. The summed E-state index contributed by atoms with van der Waals surface area (Å²) in [5.74, 6) is -0.361. The Balaban J connectivity index is 1.46. The number of carbonyl (C=O) groups is 2. The van der Waals surface area contributed by atoms with E-state index >= 15 is 0 Å². The van der Waals surface area contributed by atoms with E-state index in [1.807, 2.05) is 0 Å². The molecule has 0 aromatic heterocycles. The normalized spacial score (nSPS) is 27.2. The fourth-order valence-corrected chi connectivity index (χ4v) is 6.74. The van der Waals surface area contributed by atoms with Crippen LogP contribution in [0.25, 0.3) is 6.08 Å². The van der Waals surface area contributed by atoms with E-state index in [4.69, 9.17) is 0 Å². The van der Waals surface area contributed by atoms with Crippen molar-refractivity contribution >= 4 is 29.7 Å². The molecule has 2 aliphatic heterocycles. The summed E-state index contributed by atoms with van der Waals surface area (Å²) in [6, 6.07) is 5.19. The van der Waals surface area contributed by atoms with Crippen molar-refractivity contribution in [2.45, 2.75) is 69.0 Å². The number of amides is 2. The smallest absolute Gasteiger partial charge is 0.353 e. The number of hydrogen-bond acceptors (Lipinski definition) is 4. The quantitative estimate of drug-likeness (QED) is 0.589. The number of thioether (sulfide) groups is 1. The zero-order valence-corrected chi connectivity index (χ0v) is 20.3. The number of carbonyl (C=O) groups excluding carboxylic acids is 2. The number of likely N-dealkylation sites (N-methyl/N-ethyl adjacent to an activating group) is 1. The first-order valence-electron chi connectivity index (χ1n) is 12.1. The highest BCUT2D eigenvalue weighted by Crippen LogP contribution is 2.42. The van der Waals surface area contributed by atoms with Gasteiger partial charge in [0, 0.05) is 23.9 Å². The molecule has 1 saturated carbocycles. The van der Waals surface area contributed by atoms with E-state index in [2.05, 4.69) is 17.1 Å². The standard InChI is InChI=1S/C25H32F3N3O2S/c1-2-30-13-5-6-19(30)15-29-23(32)16-31-20-7-3-4-8-21(20)34-22(24(31)33)14-17-9-11-18(12-10-17)25(26,27)28/h9-12,14,19-21H,2-8,13,15-16H2,1H3,(H,29,32)/b22-14+. The van der Waals surface area contributed by atoms with Crippen LogP contribution in [0.1, 0.15) is 56.6 Å². The number of hydrogen-bond donors (Lipinski definition) is 1. The van der Waals surface area contributed by atoms with Gasteiger partial charge in [-0.2, -0.15) is 13.2 Å². The predicted molar refractivity (Wildman–Crippen MR) is 128 cm³/mol. The van der Waals surface area contributed by atoms with Crippen molar-refractivity contribution in [1.29, 1.82) is 0 Å². The number of likely N-dealkylation sites (tertiary alicyclic amines) is 1. The summed E-state index contributed by atoms with van der Waals surface area (Å²) in [5, 5.41) is 3.23. The maximum Gasteiger partial charge on any atom is 0.416 e. The Morgan fingerprint density at radius 3 is 2.59 bits per heavy atom. The van der Waals surface area contributed by atoms with Gasteiger partial charge in [-0.25, -0.2) is 0 Å². The molecule has 3 fully saturated rings. The second kappa shape index (κ2) is 10.7. The molecule has 4 rings (SSSR count). The molecule has 0 radical (unpaired) electrons. The van der Waals surface area contributed by atoms with E-state index < -0.39 is 11.7 Å². The highest BCUT2D eigenvalue weighted by Gasteiger charge is 2.41. The lowest BCUT2D eigenvalue weighted by Crippen LogP contribution is -2.55. The lowest BCUT2D eigenvalue weighted by molar-refractivity contribution is -0.137. The lowest BCUT2D eigenvalue weighted by atomic mass is 9.93. The topological polar surface area (TPSA) is 52.7 Å². The summed E-state index contributed by atoms with van der Waals surface area (Å²) in [6.07, 6.45) is 3.39. The number of fused-ring (bicyclic) bond motifs is 1. The van der Waals surface area contributed by atoms with Crippen LogP contribution in [-0.4, -0.2) is 65.1 Å². The fourth-order valence-electron chi connectivity index (χ4n) is 5.27. The van der Waals surface area contributed by atoms with Gasteiger partial charge in [0.05, 0.1) is 10.5 Å². The molecule has 3 unspecified atom stereocenters. The Labute approximate surface area is 203 Å². The SMILES string of the molecule is CCN1CCCC1CNC(=O)CN1C(=O)/C(=C\c2ccc(C(F)(F)F)cc2)SC2CCCCC21. The summed E-state index contributed by atoms with van der Waals surface area (Å²) in [5.41, 5.74) is -0.171. The molecular weight excluding hydrogens is 463 g/mol.